The van der Waals surface area contributed by atoms with E-state index in [-0.39, 0.29) is 11.2 Å². The molecule has 0 bridgehead atoms. The number of rotatable bonds is 3. The second kappa shape index (κ2) is 5.57. The lowest BCUT2D eigenvalue weighted by atomic mass is 9.90. The third-order valence-electron chi connectivity index (χ3n) is 4.83. The Kier molecular flexibility index (Phi) is 3.74. The zero-order chi connectivity index (χ0) is 17.1. The quantitative estimate of drug-likeness (QED) is 0.669. The first-order chi connectivity index (χ1) is 11.5. The summed E-state index contributed by atoms with van der Waals surface area (Å²) in [5.41, 5.74) is 0.958. The Bertz CT molecular complexity index is 1000. The van der Waals surface area contributed by atoms with Crippen LogP contribution in [-0.2, 0) is 24.8 Å². The fraction of sp³-hybridized carbons (Fsp3) is 0.562. The van der Waals surface area contributed by atoms with Crippen molar-refractivity contribution in [2.75, 3.05) is 5.75 Å². The van der Waals surface area contributed by atoms with Gasteiger partial charge in [-0.1, -0.05) is 25.6 Å². The van der Waals surface area contributed by atoms with Crippen LogP contribution >= 0.6 is 23.1 Å². The summed E-state index contributed by atoms with van der Waals surface area (Å²) in [6.45, 7) is 6.91. The van der Waals surface area contributed by atoms with Crippen LogP contribution in [0, 0.1) is 0 Å². The highest BCUT2D eigenvalue weighted by molar-refractivity contribution is 7.99. The van der Waals surface area contributed by atoms with E-state index in [4.69, 9.17) is 4.74 Å². The van der Waals surface area contributed by atoms with E-state index in [1.807, 2.05) is 4.40 Å². The third-order valence-corrected chi connectivity index (χ3v) is 6.84. The predicted molar refractivity (Wildman–Crippen MR) is 97.2 cm³/mol. The molecule has 0 N–H and O–H groups in total. The maximum absolute atomic E-state index is 13.0. The summed E-state index contributed by atoms with van der Waals surface area (Å²) in [6, 6.07) is 0. The van der Waals surface area contributed by atoms with Crippen molar-refractivity contribution < 1.29 is 4.74 Å². The number of thiophene rings is 1. The van der Waals surface area contributed by atoms with Crippen LogP contribution in [0.15, 0.2) is 9.95 Å². The molecule has 1 atom stereocenters. The summed E-state index contributed by atoms with van der Waals surface area (Å²) in [5, 5.41) is 10.2. The van der Waals surface area contributed by atoms with E-state index in [2.05, 4.69) is 31.0 Å². The zero-order valence-electron chi connectivity index (χ0n) is 14.3. The molecule has 3 aromatic rings. The number of aryl methyl sites for hydroxylation is 1. The first kappa shape index (κ1) is 16.1. The molecule has 0 fully saturated rings. The van der Waals surface area contributed by atoms with Crippen molar-refractivity contribution in [1.29, 1.82) is 0 Å². The molecular weight excluding hydrogens is 344 g/mol. The minimum absolute atomic E-state index is 0.0100. The van der Waals surface area contributed by atoms with Gasteiger partial charge in [-0.15, -0.1) is 21.5 Å². The fourth-order valence-corrected chi connectivity index (χ4v) is 5.15. The van der Waals surface area contributed by atoms with E-state index < -0.39 is 0 Å². The Morgan fingerprint density at radius 2 is 2.17 bits per heavy atom. The third kappa shape index (κ3) is 2.16. The minimum Gasteiger partial charge on any atom is -0.369 e. The highest BCUT2D eigenvalue weighted by Gasteiger charge is 2.33. The molecule has 1 aliphatic rings. The molecule has 0 radical (unpaired) electrons. The minimum atomic E-state index is -0.199. The van der Waals surface area contributed by atoms with Gasteiger partial charge in [0.25, 0.3) is 5.56 Å². The first-order valence-corrected chi connectivity index (χ1v) is 9.94. The van der Waals surface area contributed by atoms with Gasteiger partial charge < -0.3 is 4.74 Å². The average molecular weight is 364 g/mol. The molecule has 0 spiro atoms. The summed E-state index contributed by atoms with van der Waals surface area (Å²) in [4.78, 5) is 15.1. The number of thioether (sulfide) groups is 1. The van der Waals surface area contributed by atoms with Crippen LogP contribution in [0.4, 0.5) is 0 Å². The number of aromatic nitrogens is 4. The van der Waals surface area contributed by atoms with Crippen molar-refractivity contribution in [1.82, 2.24) is 19.2 Å². The van der Waals surface area contributed by atoms with E-state index in [1.165, 1.54) is 0 Å². The van der Waals surface area contributed by atoms with Gasteiger partial charge in [0.1, 0.15) is 4.83 Å². The lowest BCUT2D eigenvalue weighted by Gasteiger charge is -2.32. The van der Waals surface area contributed by atoms with Gasteiger partial charge in [0.15, 0.2) is 5.16 Å². The molecule has 0 saturated carbocycles. The first-order valence-electron chi connectivity index (χ1n) is 8.14. The van der Waals surface area contributed by atoms with Crippen LogP contribution in [-0.4, -0.2) is 30.5 Å². The maximum Gasteiger partial charge on any atom is 0.263 e. The molecule has 1 unspecified atom stereocenters. The van der Waals surface area contributed by atoms with Crippen molar-refractivity contribution in [2.45, 2.75) is 51.0 Å². The highest BCUT2D eigenvalue weighted by Crippen LogP contribution is 2.39. The Morgan fingerprint density at radius 1 is 1.38 bits per heavy atom. The van der Waals surface area contributed by atoms with Crippen LogP contribution < -0.4 is 5.56 Å². The SMILES string of the molecule is CCSc1nnc2n(C)c(=O)c3c4c(sc3n12)COC(C)(CC)C4. The van der Waals surface area contributed by atoms with E-state index in [1.54, 1.807) is 34.7 Å². The number of ether oxygens (including phenoxy) is 1. The van der Waals surface area contributed by atoms with E-state index in [0.717, 1.165) is 44.4 Å². The molecule has 6 nitrogen and oxygen atoms in total. The molecule has 4 rings (SSSR count). The monoisotopic (exact) mass is 364 g/mol. The van der Waals surface area contributed by atoms with Crippen molar-refractivity contribution in [2.24, 2.45) is 7.05 Å². The number of hydrogen-bond donors (Lipinski definition) is 0. The van der Waals surface area contributed by atoms with Crippen molar-refractivity contribution in [3.05, 3.63) is 20.8 Å². The topological polar surface area (TPSA) is 61.4 Å². The molecule has 24 heavy (non-hydrogen) atoms. The zero-order valence-corrected chi connectivity index (χ0v) is 15.9. The standard InChI is InChI=1S/C16H20N4O2S2/c1-5-16(3)7-9-10(8-22-16)24-13-11(9)12(21)19(4)14-17-18-15(20(13)14)23-6-2/h5-8H2,1-4H3. The summed E-state index contributed by atoms with van der Waals surface area (Å²) in [5.74, 6) is 1.51. The molecule has 3 aromatic heterocycles. The highest BCUT2D eigenvalue weighted by atomic mass is 32.2. The summed E-state index contributed by atoms with van der Waals surface area (Å²) in [6.07, 6.45) is 1.70. The van der Waals surface area contributed by atoms with Crippen molar-refractivity contribution in [3.63, 3.8) is 0 Å². The molecule has 8 heteroatoms. The van der Waals surface area contributed by atoms with Gasteiger partial charge >= 0.3 is 0 Å². The Hall–Kier alpha value is -1.38. The van der Waals surface area contributed by atoms with E-state index >= 15 is 0 Å². The fourth-order valence-electron chi connectivity index (χ4n) is 3.21. The normalized spacial score (nSPS) is 20.8. The molecular formula is C16H20N4O2S2. The van der Waals surface area contributed by atoms with E-state index in [0.29, 0.717) is 12.4 Å². The Morgan fingerprint density at radius 3 is 2.88 bits per heavy atom. The van der Waals surface area contributed by atoms with E-state index in [9.17, 15) is 4.79 Å². The summed E-state index contributed by atoms with van der Waals surface area (Å²) >= 11 is 3.28. The number of hydrogen-bond acceptors (Lipinski definition) is 6. The van der Waals surface area contributed by atoms with Gasteiger partial charge in [0.05, 0.1) is 17.6 Å². The Balaban J connectivity index is 2.09. The summed E-state index contributed by atoms with van der Waals surface area (Å²) < 4.78 is 9.70. The molecule has 1 aliphatic heterocycles. The van der Waals surface area contributed by atoms with Gasteiger partial charge in [0.2, 0.25) is 5.78 Å². The second-order valence-corrected chi connectivity index (χ2v) is 8.68. The van der Waals surface area contributed by atoms with Crippen LogP contribution in [0.2, 0.25) is 0 Å². The predicted octanol–water partition coefficient (Wildman–Crippen LogP) is 3.00. The molecule has 0 amide bonds. The number of fused-ring (bicyclic) bond motifs is 5. The van der Waals surface area contributed by atoms with Gasteiger partial charge in [-0.3, -0.25) is 9.36 Å². The van der Waals surface area contributed by atoms with Crippen LogP contribution in [0.5, 0.6) is 0 Å². The maximum atomic E-state index is 13.0. The van der Waals surface area contributed by atoms with Crippen LogP contribution in [0.1, 0.15) is 37.6 Å². The van der Waals surface area contributed by atoms with Gasteiger partial charge in [0, 0.05) is 18.3 Å². The smallest absolute Gasteiger partial charge is 0.263 e. The van der Waals surface area contributed by atoms with Crippen molar-refractivity contribution in [3.8, 4) is 0 Å². The summed E-state index contributed by atoms with van der Waals surface area (Å²) in [7, 11) is 1.77. The lowest BCUT2D eigenvalue weighted by molar-refractivity contribution is -0.0543. The van der Waals surface area contributed by atoms with Gasteiger partial charge in [-0.2, -0.15) is 0 Å². The lowest BCUT2D eigenvalue weighted by Crippen LogP contribution is -2.34. The molecule has 0 aromatic carbocycles. The largest absolute Gasteiger partial charge is 0.369 e. The molecule has 4 heterocycles. The van der Waals surface area contributed by atoms with Gasteiger partial charge in [-0.05, 0) is 24.7 Å². The molecule has 0 aliphatic carbocycles. The molecule has 0 saturated heterocycles. The molecule has 128 valence electrons. The van der Waals surface area contributed by atoms with Crippen molar-refractivity contribution >= 4 is 39.1 Å². The second-order valence-electron chi connectivity index (χ2n) is 6.37. The number of nitrogens with zero attached hydrogens (tertiary/aromatic N) is 4. The average Bonchev–Trinajstić information content (AvgIpc) is 3.14. The Labute approximate surface area is 147 Å². The van der Waals surface area contributed by atoms with Gasteiger partial charge in [-0.25, -0.2) is 4.40 Å². The van der Waals surface area contributed by atoms with Crippen LogP contribution in [0.25, 0.3) is 16.0 Å². The van der Waals surface area contributed by atoms with Crippen LogP contribution in [0.3, 0.4) is 0 Å².